The third-order valence-corrected chi connectivity index (χ3v) is 4.22. The van der Waals surface area contributed by atoms with Crippen LogP contribution in [0.1, 0.15) is 17.8 Å². The van der Waals surface area contributed by atoms with E-state index in [0.29, 0.717) is 23.4 Å². The molecule has 0 amide bonds. The minimum Gasteiger partial charge on any atom is -0.595 e. The lowest BCUT2D eigenvalue weighted by molar-refractivity contribution is -0.991. The summed E-state index contributed by atoms with van der Waals surface area (Å²) in [4.78, 5) is 31.4. The fraction of sp³-hybridized carbons (Fsp3) is 0.312. The van der Waals surface area contributed by atoms with Gasteiger partial charge in [0, 0.05) is 32.6 Å². The average Bonchev–Trinajstić information content (AvgIpc) is 3.03. The molecule has 1 aromatic carbocycles. The van der Waals surface area contributed by atoms with Gasteiger partial charge >= 0.3 is 5.69 Å². The Morgan fingerprint density at radius 1 is 1.16 bits per heavy atom. The van der Waals surface area contributed by atoms with Gasteiger partial charge in [0.15, 0.2) is 11.3 Å². The molecule has 0 radical (unpaired) electrons. The van der Waals surface area contributed by atoms with Crippen LogP contribution in [-0.2, 0) is 26.9 Å². The van der Waals surface area contributed by atoms with Gasteiger partial charge in [0.25, 0.3) is 5.56 Å². The number of nitrogens with one attached hydrogen (secondary N) is 2. The number of hydrogen-bond acceptors (Lipinski definition) is 5. The Hall–Kier alpha value is -2.75. The van der Waals surface area contributed by atoms with E-state index in [4.69, 9.17) is 5.21 Å². The van der Waals surface area contributed by atoms with Crippen LogP contribution in [0.15, 0.2) is 33.9 Å². The number of rotatable bonds is 5. The molecule has 0 fully saturated rings. The monoisotopic (exact) mass is 345 g/mol. The molecule has 9 nitrogen and oxygen atoms in total. The summed E-state index contributed by atoms with van der Waals surface area (Å²) in [5.41, 5.74) is 1.18. The number of hydrogen-bond donors (Lipinski definition) is 3. The SMILES string of the molecule is Cn1c(=O)c2[nH]c(CCCc3ccc([NH+]([O-])O)cc3)nc2n(C)c1=O. The second-order valence-corrected chi connectivity index (χ2v) is 5.94. The fourth-order valence-electron chi connectivity index (χ4n) is 2.77. The minimum atomic E-state index is -0.944. The van der Waals surface area contributed by atoms with Crippen molar-refractivity contribution < 1.29 is 10.4 Å². The lowest BCUT2D eigenvalue weighted by Crippen LogP contribution is -2.99. The summed E-state index contributed by atoms with van der Waals surface area (Å²) in [6.07, 6.45) is 2.15. The number of quaternary nitrogens is 1. The van der Waals surface area contributed by atoms with E-state index in [1.54, 1.807) is 31.3 Å². The van der Waals surface area contributed by atoms with Gasteiger partial charge < -0.3 is 10.2 Å². The van der Waals surface area contributed by atoms with Crippen LogP contribution in [0, 0.1) is 5.21 Å². The summed E-state index contributed by atoms with van der Waals surface area (Å²) >= 11 is 0. The van der Waals surface area contributed by atoms with E-state index in [0.717, 1.165) is 23.0 Å². The number of H-pyrrole nitrogens is 1. The summed E-state index contributed by atoms with van der Waals surface area (Å²) < 4.78 is 2.40. The van der Waals surface area contributed by atoms with Crippen molar-refractivity contribution in [1.29, 1.82) is 0 Å². The Morgan fingerprint density at radius 2 is 1.84 bits per heavy atom. The number of nitrogens with zero attached hydrogens (tertiary/aromatic N) is 3. The average molecular weight is 345 g/mol. The van der Waals surface area contributed by atoms with Crippen LogP contribution in [0.25, 0.3) is 11.2 Å². The molecule has 0 spiro atoms. The van der Waals surface area contributed by atoms with Crippen LogP contribution in [0.2, 0.25) is 0 Å². The van der Waals surface area contributed by atoms with Gasteiger partial charge in [0.2, 0.25) is 0 Å². The number of aromatic nitrogens is 4. The first-order chi connectivity index (χ1) is 11.9. The molecular formula is C16H19N5O4. The van der Waals surface area contributed by atoms with Crippen molar-refractivity contribution in [2.24, 2.45) is 14.1 Å². The predicted molar refractivity (Wildman–Crippen MR) is 90.8 cm³/mol. The number of aromatic amines is 1. The van der Waals surface area contributed by atoms with E-state index in [2.05, 4.69) is 9.97 Å². The quantitative estimate of drug-likeness (QED) is 0.540. The summed E-state index contributed by atoms with van der Waals surface area (Å²) in [5.74, 6) is 0.649. The molecule has 2 aromatic heterocycles. The van der Waals surface area contributed by atoms with E-state index < -0.39 is 10.9 Å². The topological polar surface area (TPSA) is 120 Å². The second-order valence-electron chi connectivity index (χ2n) is 5.94. The first kappa shape index (κ1) is 17.1. The van der Waals surface area contributed by atoms with Gasteiger partial charge in [-0.15, -0.1) is 0 Å². The van der Waals surface area contributed by atoms with E-state index in [-0.39, 0.29) is 11.2 Å². The summed E-state index contributed by atoms with van der Waals surface area (Å²) in [6, 6.07) is 6.75. The first-order valence-corrected chi connectivity index (χ1v) is 7.85. The lowest BCUT2D eigenvalue weighted by atomic mass is 10.1. The van der Waals surface area contributed by atoms with E-state index >= 15 is 0 Å². The Balaban J connectivity index is 1.74. The van der Waals surface area contributed by atoms with Gasteiger partial charge in [-0.2, -0.15) is 5.23 Å². The highest BCUT2D eigenvalue weighted by molar-refractivity contribution is 5.69. The van der Waals surface area contributed by atoms with Crippen LogP contribution in [0.5, 0.6) is 0 Å². The predicted octanol–water partition coefficient (Wildman–Crippen LogP) is -0.461. The molecule has 0 aliphatic carbocycles. The molecule has 0 saturated carbocycles. The number of aryl methyl sites for hydroxylation is 3. The van der Waals surface area contributed by atoms with Crippen molar-refractivity contribution in [3.63, 3.8) is 0 Å². The van der Waals surface area contributed by atoms with Gasteiger partial charge in [0.05, 0.1) is 0 Å². The molecule has 1 unspecified atom stereocenters. The van der Waals surface area contributed by atoms with Crippen molar-refractivity contribution in [3.8, 4) is 0 Å². The van der Waals surface area contributed by atoms with Crippen LogP contribution in [0.4, 0.5) is 5.69 Å². The Kier molecular flexibility index (Phi) is 4.53. The molecule has 9 heteroatoms. The largest absolute Gasteiger partial charge is 0.595 e. The zero-order chi connectivity index (χ0) is 18.1. The third-order valence-electron chi connectivity index (χ3n) is 4.22. The number of imidazole rings is 1. The molecule has 132 valence electrons. The van der Waals surface area contributed by atoms with Crippen molar-refractivity contribution >= 4 is 16.9 Å². The van der Waals surface area contributed by atoms with Crippen molar-refractivity contribution in [2.75, 3.05) is 0 Å². The van der Waals surface area contributed by atoms with Crippen LogP contribution >= 0.6 is 0 Å². The highest BCUT2D eigenvalue weighted by atomic mass is 16.8. The van der Waals surface area contributed by atoms with Crippen LogP contribution < -0.4 is 16.5 Å². The molecule has 25 heavy (non-hydrogen) atoms. The van der Waals surface area contributed by atoms with Gasteiger partial charge in [-0.05, 0) is 18.4 Å². The molecular weight excluding hydrogens is 326 g/mol. The summed E-state index contributed by atoms with van der Waals surface area (Å²) in [7, 11) is 3.02. The smallest absolute Gasteiger partial charge is 0.332 e. The highest BCUT2D eigenvalue weighted by Crippen LogP contribution is 2.11. The van der Waals surface area contributed by atoms with Gasteiger partial charge in [0.1, 0.15) is 11.3 Å². The maximum atomic E-state index is 12.1. The Bertz CT molecular complexity index is 1010. The fourth-order valence-corrected chi connectivity index (χ4v) is 2.77. The zero-order valence-corrected chi connectivity index (χ0v) is 13.9. The van der Waals surface area contributed by atoms with Gasteiger partial charge in [-0.1, -0.05) is 12.1 Å². The maximum Gasteiger partial charge on any atom is 0.332 e. The highest BCUT2D eigenvalue weighted by Gasteiger charge is 2.13. The molecule has 0 bridgehead atoms. The second kappa shape index (κ2) is 6.63. The van der Waals surface area contributed by atoms with E-state index in [9.17, 15) is 14.8 Å². The van der Waals surface area contributed by atoms with Crippen molar-refractivity contribution in [3.05, 3.63) is 61.7 Å². The van der Waals surface area contributed by atoms with Crippen molar-refractivity contribution in [2.45, 2.75) is 19.3 Å². The lowest BCUT2D eigenvalue weighted by Gasteiger charge is -2.11. The van der Waals surface area contributed by atoms with Crippen LogP contribution in [-0.4, -0.2) is 24.3 Å². The number of benzene rings is 1. The van der Waals surface area contributed by atoms with Gasteiger partial charge in [-0.3, -0.25) is 13.9 Å². The Labute approximate surface area is 142 Å². The molecule has 3 N–H and O–H groups in total. The minimum absolute atomic E-state index is 0.262. The van der Waals surface area contributed by atoms with Crippen LogP contribution in [0.3, 0.4) is 0 Å². The Morgan fingerprint density at radius 3 is 2.48 bits per heavy atom. The zero-order valence-electron chi connectivity index (χ0n) is 13.9. The molecule has 2 heterocycles. The molecule has 3 aromatic rings. The molecule has 0 aliphatic heterocycles. The van der Waals surface area contributed by atoms with Crippen molar-refractivity contribution in [1.82, 2.24) is 19.1 Å². The molecule has 3 rings (SSSR count). The van der Waals surface area contributed by atoms with E-state index in [1.165, 1.54) is 11.6 Å². The third kappa shape index (κ3) is 3.25. The molecule has 1 atom stereocenters. The van der Waals surface area contributed by atoms with Gasteiger partial charge in [-0.25, -0.2) is 15.0 Å². The first-order valence-electron chi connectivity index (χ1n) is 7.85. The summed E-state index contributed by atoms with van der Waals surface area (Å²) in [5, 5.41) is 18.8. The molecule has 0 saturated heterocycles. The normalized spacial score (nSPS) is 12.6. The number of fused-ring (bicyclic) bond motifs is 1. The summed E-state index contributed by atoms with van der Waals surface area (Å²) in [6.45, 7) is 0. The molecule has 0 aliphatic rings. The standard InChI is InChI=1S/C16H19N5O4/c1-19-14-13(15(22)20(2)16(19)23)17-12(18-14)5-3-4-10-6-8-11(9-7-10)21(24)25/h6-9,21,24H,3-5H2,1-2H3,(H,17,18). The maximum absolute atomic E-state index is 12.1. The van der Waals surface area contributed by atoms with E-state index in [1.807, 2.05) is 0 Å².